The lowest BCUT2D eigenvalue weighted by molar-refractivity contribution is -0.192. The number of hydrogen-bond donors (Lipinski definition) is 1. The number of fused-ring (bicyclic) bond motifs is 1. The van der Waals surface area contributed by atoms with Crippen molar-refractivity contribution >= 4 is 5.97 Å². The van der Waals surface area contributed by atoms with Crippen molar-refractivity contribution in [3.05, 3.63) is 12.7 Å². The van der Waals surface area contributed by atoms with Crippen LogP contribution in [0.4, 0.5) is 13.2 Å². The molecule has 7 nitrogen and oxygen atoms in total. The fourth-order valence-electron chi connectivity index (χ4n) is 3.22. The van der Waals surface area contributed by atoms with Crippen molar-refractivity contribution in [3.8, 4) is 0 Å². The summed E-state index contributed by atoms with van der Waals surface area (Å²) in [5.74, 6) is -2.76. The van der Waals surface area contributed by atoms with Crippen LogP contribution >= 0.6 is 0 Å². The Labute approximate surface area is 144 Å². The molecule has 25 heavy (non-hydrogen) atoms. The SMILES string of the molecule is O=C(O)C(F)(F)F.c1ncn(CCCCN2CCN3CCCC3C2)n1. The smallest absolute Gasteiger partial charge is 0.475 e. The van der Waals surface area contributed by atoms with Crippen molar-refractivity contribution in [3.63, 3.8) is 0 Å². The zero-order valence-electron chi connectivity index (χ0n) is 14.0. The van der Waals surface area contributed by atoms with E-state index in [-0.39, 0.29) is 0 Å². The number of piperazine rings is 1. The number of aliphatic carboxylic acids is 1. The standard InChI is InChI=1S/C13H23N5.C2HF3O2/c1(2-7-18-12-14-11-15-18)5-16-8-9-17-6-3-4-13(17)10-16;3-2(4,5)1(6)7/h11-13H,1-10H2;(H,6,7). The van der Waals surface area contributed by atoms with Gasteiger partial charge in [-0.15, -0.1) is 0 Å². The first-order valence-electron chi connectivity index (χ1n) is 8.45. The molecule has 1 N–H and O–H groups in total. The summed E-state index contributed by atoms with van der Waals surface area (Å²) in [5.41, 5.74) is 0. The molecular weight excluding hydrogens is 339 g/mol. The number of nitrogens with zero attached hydrogens (tertiary/aromatic N) is 5. The lowest BCUT2D eigenvalue weighted by atomic mass is 10.1. The van der Waals surface area contributed by atoms with Crippen LogP contribution < -0.4 is 0 Å². The van der Waals surface area contributed by atoms with Gasteiger partial charge < -0.3 is 10.0 Å². The Kier molecular flexibility index (Phi) is 7.18. The van der Waals surface area contributed by atoms with Gasteiger partial charge in [0, 0.05) is 32.2 Å². The molecule has 0 spiro atoms. The summed E-state index contributed by atoms with van der Waals surface area (Å²) in [6, 6.07) is 0.856. The third-order valence-electron chi connectivity index (χ3n) is 4.49. The van der Waals surface area contributed by atoms with Crippen LogP contribution in [-0.4, -0.2) is 80.6 Å². The van der Waals surface area contributed by atoms with Crippen molar-refractivity contribution in [1.82, 2.24) is 24.6 Å². The molecule has 0 aliphatic carbocycles. The van der Waals surface area contributed by atoms with Gasteiger partial charge in [0.05, 0.1) is 0 Å². The van der Waals surface area contributed by atoms with E-state index in [2.05, 4.69) is 19.9 Å². The Morgan fingerprint density at radius 1 is 1.20 bits per heavy atom. The maximum atomic E-state index is 10.6. The molecule has 0 amide bonds. The van der Waals surface area contributed by atoms with Crippen LogP contribution in [0.15, 0.2) is 12.7 Å². The summed E-state index contributed by atoms with van der Waals surface area (Å²) in [4.78, 5) is 18.2. The van der Waals surface area contributed by atoms with E-state index in [1.807, 2.05) is 4.68 Å². The van der Waals surface area contributed by atoms with Crippen LogP contribution in [0.2, 0.25) is 0 Å². The molecule has 1 aromatic rings. The van der Waals surface area contributed by atoms with Gasteiger partial charge in [0.2, 0.25) is 0 Å². The summed E-state index contributed by atoms with van der Waals surface area (Å²) < 4.78 is 33.7. The highest BCUT2D eigenvalue weighted by Gasteiger charge is 2.38. The second-order valence-corrected chi connectivity index (χ2v) is 6.30. The largest absolute Gasteiger partial charge is 0.490 e. The monoisotopic (exact) mass is 363 g/mol. The molecule has 3 heterocycles. The predicted octanol–water partition coefficient (Wildman–Crippen LogP) is 1.47. The molecule has 3 rings (SSSR count). The highest BCUT2D eigenvalue weighted by atomic mass is 19.4. The highest BCUT2D eigenvalue weighted by Crippen LogP contribution is 2.21. The number of aromatic nitrogens is 3. The molecule has 1 atom stereocenters. The van der Waals surface area contributed by atoms with Crippen LogP contribution in [-0.2, 0) is 11.3 Å². The number of carboxylic acids is 1. The average molecular weight is 363 g/mol. The zero-order valence-corrected chi connectivity index (χ0v) is 14.0. The van der Waals surface area contributed by atoms with E-state index >= 15 is 0 Å². The fraction of sp³-hybridized carbons (Fsp3) is 0.800. The Hall–Kier alpha value is -1.68. The number of rotatable bonds is 5. The van der Waals surface area contributed by atoms with Crippen molar-refractivity contribution in [2.24, 2.45) is 0 Å². The van der Waals surface area contributed by atoms with Crippen LogP contribution in [0, 0.1) is 0 Å². The van der Waals surface area contributed by atoms with E-state index in [9.17, 15) is 13.2 Å². The molecule has 2 aliphatic rings. The molecule has 0 bridgehead atoms. The first-order valence-corrected chi connectivity index (χ1v) is 8.45. The quantitative estimate of drug-likeness (QED) is 0.799. The first kappa shape index (κ1) is 19.6. The number of alkyl halides is 3. The molecule has 10 heteroatoms. The number of carboxylic acid groups (broad SMARTS) is 1. The summed E-state index contributed by atoms with van der Waals surface area (Å²) in [5, 5.41) is 11.3. The van der Waals surface area contributed by atoms with Gasteiger partial charge in [0.15, 0.2) is 0 Å². The Morgan fingerprint density at radius 2 is 1.92 bits per heavy atom. The highest BCUT2D eigenvalue weighted by molar-refractivity contribution is 5.73. The average Bonchev–Trinajstić information content (AvgIpc) is 3.22. The number of aryl methyl sites for hydroxylation is 1. The molecule has 142 valence electrons. The Balaban J connectivity index is 0.000000277. The summed E-state index contributed by atoms with van der Waals surface area (Å²) in [6.45, 7) is 7.43. The molecule has 2 saturated heterocycles. The van der Waals surface area contributed by atoms with E-state index in [0.717, 1.165) is 12.6 Å². The number of unbranched alkanes of at least 4 members (excludes halogenated alkanes) is 1. The van der Waals surface area contributed by atoms with Gasteiger partial charge in [-0.3, -0.25) is 9.58 Å². The molecule has 1 unspecified atom stereocenters. The molecule has 0 saturated carbocycles. The van der Waals surface area contributed by atoms with Gasteiger partial charge in [-0.1, -0.05) is 0 Å². The lowest BCUT2D eigenvalue weighted by Gasteiger charge is -2.37. The van der Waals surface area contributed by atoms with E-state index in [1.165, 1.54) is 58.4 Å². The molecule has 2 aliphatic heterocycles. The first-order chi connectivity index (χ1) is 11.9. The second kappa shape index (κ2) is 9.14. The normalized spacial score (nSPS) is 21.5. The zero-order chi connectivity index (χ0) is 18.3. The van der Waals surface area contributed by atoms with Gasteiger partial charge in [0.1, 0.15) is 12.7 Å². The van der Waals surface area contributed by atoms with E-state index in [4.69, 9.17) is 9.90 Å². The minimum Gasteiger partial charge on any atom is -0.475 e. The number of halogens is 3. The molecule has 1 aromatic heterocycles. The van der Waals surface area contributed by atoms with Gasteiger partial charge in [-0.25, -0.2) is 9.78 Å². The van der Waals surface area contributed by atoms with Crippen LogP contribution in [0.5, 0.6) is 0 Å². The maximum absolute atomic E-state index is 10.6. The topological polar surface area (TPSA) is 74.5 Å². The van der Waals surface area contributed by atoms with Gasteiger partial charge in [-0.2, -0.15) is 18.3 Å². The molecule has 0 radical (unpaired) electrons. The lowest BCUT2D eigenvalue weighted by Crippen LogP contribution is -2.50. The Bertz CT molecular complexity index is 524. The van der Waals surface area contributed by atoms with E-state index in [1.54, 1.807) is 12.7 Å². The van der Waals surface area contributed by atoms with Crippen molar-refractivity contribution < 1.29 is 23.1 Å². The van der Waals surface area contributed by atoms with Gasteiger partial charge >= 0.3 is 12.1 Å². The van der Waals surface area contributed by atoms with Crippen LogP contribution in [0.1, 0.15) is 25.7 Å². The third-order valence-corrected chi connectivity index (χ3v) is 4.49. The summed E-state index contributed by atoms with van der Waals surface area (Å²) in [7, 11) is 0. The fourth-order valence-corrected chi connectivity index (χ4v) is 3.22. The summed E-state index contributed by atoms with van der Waals surface area (Å²) in [6.07, 6.45) is 3.62. The third kappa shape index (κ3) is 6.62. The van der Waals surface area contributed by atoms with E-state index < -0.39 is 12.1 Å². The van der Waals surface area contributed by atoms with E-state index in [0.29, 0.717) is 0 Å². The predicted molar refractivity (Wildman–Crippen MR) is 84.0 cm³/mol. The summed E-state index contributed by atoms with van der Waals surface area (Å²) >= 11 is 0. The van der Waals surface area contributed by atoms with Crippen molar-refractivity contribution in [1.29, 1.82) is 0 Å². The van der Waals surface area contributed by atoms with Gasteiger partial charge in [0.25, 0.3) is 0 Å². The maximum Gasteiger partial charge on any atom is 0.490 e. The number of carbonyl (C=O) groups is 1. The number of hydrogen-bond acceptors (Lipinski definition) is 5. The van der Waals surface area contributed by atoms with Crippen LogP contribution in [0.3, 0.4) is 0 Å². The Morgan fingerprint density at radius 3 is 2.56 bits per heavy atom. The molecule has 0 aromatic carbocycles. The molecule has 2 fully saturated rings. The van der Waals surface area contributed by atoms with Crippen molar-refractivity contribution in [2.45, 2.75) is 44.4 Å². The van der Waals surface area contributed by atoms with Crippen LogP contribution in [0.25, 0.3) is 0 Å². The van der Waals surface area contributed by atoms with Crippen molar-refractivity contribution in [2.75, 3.05) is 32.7 Å². The minimum atomic E-state index is -5.08. The second-order valence-electron chi connectivity index (χ2n) is 6.30. The minimum absolute atomic E-state index is 0.856. The van der Waals surface area contributed by atoms with Gasteiger partial charge in [-0.05, 0) is 38.8 Å². The molecular formula is C15H24F3N5O2.